The molecule has 2 amide bonds. The van der Waals surface area contributed by atoms with Gasteiger partial charge >= 0.3 is 11.9 Å². The molecule has 2 unspecified atom stereocenters. The number of esters is 1. The van der Waals surface area contributed by atoms with Crippen molar-refractivity contribution in [2.75, 3.05) is 21.2 Å². The number of methoxy groups -OCH3 is 1. The minimum absolute atomic E-state index is 0.0237. The average molecular weight is 475 g/mol. The summed E-state index contributed by atoms with van der Waals surface area (Å²) in [6, 6.07) is -0.937. The Balaban J connectivity index is 1.40. The van der Waals surface area contributed by atoms with Gasteiger partial charge in [0.05, 0.1) is 17.9 Å². The minimum atomic E-state index is -1.01. The predicted octanol–water partition coefficient (Wildman–Crippen LogP) is 2.91. The van der Waals surface area contributed by atoms with Crippen molar-refractivity contribution in [1.82, 2.24) is 10.2 Å². The highest BCUT2D eigenvalue weighted by Crippen LogP contribution is 2.65. The number of nitrogens with zero attached hydrogens (tertiary/aromatic N) is 1. The smallest absolute Gasteiger partial charge is 0.326 e. The van der Waals surface area contributed by atoms with Crippen molar-refractivity contribution < 1.29 is 29.0 Å². The average Bonchev–Trinajstić information content (AvgIpc) is 2.78. The molecule has 4 bridgehead atoms. The van der Waals surface area contributed by atoms with Crippen molar-refractivity contribution in [3.05, 3.63) is 11.6 Å². The lowest BCUT2D eigenvalue weighted by Gasteiger charge is -2.59. The van der Waals surface area contributed by atoms with Crippen LogP contribution in [0.15, 0.2) is 11.6 Å². The number of carbonyl (C=O) groups is 4. The number of rotatable bonds is 7. The van der Waals surface area contributed by atoms with Gasteiger partial charge in [0, 0.05) is 20.2 Å². The van der Waals surface area contributed by atoms with Crippen LogP contribution in [0.2, 0.25) is 0 Å². The van der Waals surface area contributed by atoms with E-state index in [1.807, 2.05) is 0 Å². The number of carbonyl (C=O) groups excluding carboxylic acids is 3. The zero-order chi connectivity index (χ0) is 24.7. The Morgan fingerprint density at radius 3 is 2.21 bits per heavy atom. The molecule has 2 N–H and O–H groups in total. The van der Waals surface area contributed by atoms with E-state index in [4.69, 9.17) is 4.74 Å². The highest BCUT2D eigenvalue weighted by Gasteiger charge is 2.63. The zero-order valence-electron chi connectivity index (χ0n) is 20.6. The number of allylic oxidation sites excluding steroid dienone is 1. The normalized spacial score (nSPS) is 34.8. The van der Waals surface area contributed by atoms with Crippen molar-refractivity contribution in [2.45, 2.75) is 76.7 Å². The molecule has 0 heterocycles. The number of nitrogens with one attached hydrogen (secondary N) is 1. The lowest BCUT2D eigenvalue weighted by atomic mass is 9.44. The van der Waals surface area contributed by atoms with Crippen molar-refractivity contribution in [1.29, 1.82) is 0 Å². The fourth-order valence-corrected chi connectivity index (χ4v) is 7.58. The monoisotopic (exact) mass is 474 g/mol. The standard InChI is InChI=1S/C26H38N2O6/c1-28(2)21(29)10-17-6-4-16(5-7-17)9-20(22(30)31)27-23(32)25-11-18-8-19(12-25)14-26(13-18,15-25)24(33)34-3/h10,16,18-20H,4-9,11-15H2,1-3H3,(H,27,32)(H,30,31)/t16?,18?,19?,20-,25?,26?/m0/s1. The molecule has 5 aliphatic carbocycles. The second-order valence-corrected chi connectivity index (χ2v) is 11.6. The third-order valence-electron chi connectivity index (χ3n) is 8.85. The molecule has 8 nitrogen and oxygen atoms in total. The fourth-order valence-electron chi connectivity index (χ4n) is 7.58. The van der Waals surface area contributed by atoms with Crippen molar-refractivity contribution in [3.63, 3.8) is 0 Å². The van der Waals surface area contributed by atoms with Crippen molar-refractivity contribution in [2.24, 2.45) is 28.6 Å². The Morgan fingerprint density at radius 1 is 1.09 bits per heavy atom. The molecule has 34 heavy (non-hydrogen) atoms. The van der Waals surface area contributed by atoms with E-state index in [-0.39, 0.29) is 23.7 Å². The Morgan fingerprint density at radius 2 is 1.68 bits per heavy atom. The highest BCUT2D eigenvalue weighted by molar-refractivity contribution is 5.89. The van der Waals surface area contributed by atoms with E-state index in [1.165, 1.54) is 7.11 Å². The van der Waals surface area contributed by atoms with Crippen LogP contribution >= 0.6 is 0 Å². The van der Waals surface area contributed by atoms with E-state index in [0.29, 0.717) is 24.7 Å². The first-order chi connectivity index (χ1) is 16.1. The predicted molar refractivity (Wildman–Crippen MR) is 124 cm³/mol. The summed E-state index contributed by atoms with van der Waals surface area (Å²) in [4.78, 5) is 51.8. The summed E-state index contributed by atoms with van der Waals surface area (Å²) in [5.74, 6) is -0.617. The van der Waals surface area contributed by atoms with Gasteiger partial charge in [-0.25, -0.2) is 4.79 Å². The van der Waals surface area contributed by atoms with Crippen LogP contribution in [0.1, 0.15) is 70.6 Å². The van der Waals surface area contributed by atoms with Crippen LogP contribution < -0.4 is 5.32 Å². The Bertz CT molecular complexity index is 870. The first-order valence-corrected chi connectivity index (χ1v) is 12.6. The van der Waals surface area contributed by atoms with Crippen molar-refractivity contribution in [3.8, 4) is 0 Å². The number of likely N-dealkylation sites (N-methyl/N-ethyl adjacent to an activating group) is 1. The van der Waals surface area contributed by atoms with Crippen LogP contribution in [0.4, 0.5) is 0 Å². The molecule has 5 saturated carbocycles. The molecule has 0 aromatic carbocycles. The fraction of sp³-hybridized carbons (Fsp3) is 0.769. The van der Waals surface area contributed by atoms with E-state index in [9.17, 15) is 24.3 Å². The Kier molecular flexibility index (Phi) is 6.80. The van der Waals surface area contributed by atoms with Crippen LogP contribution in [-0.4, -0.2) is 61.0 Å². The second-order valence-electron chi connectivity index (χ2n) is 11.6. The summed E-state index contributed by atoms with van der Waals surface area (Å²) in [5.41, 5.74) is -0.154. The van der Waals surface area contributed by atoms with E-state index in [0.717, 1.165) is 63.4 Å². The van der Waals surface area contributed by atoms with E-state index in [1.54, 1.807) is 25.1 Å². The molecule has 0 radical (unpaired) electrons. The van der Waals surface area contributed by atoms with Gasteiger partial charge in [-0.15, -0.1) is 0 Å². The van der Waals surface area contributed by atoms with E-state index in [2.05, 4.69) is 5.32 Å². The summed E-state index contributed by atoms with van der Waals surface area (Å²) in [7, 11) is 4.86. The highest BCUT2D eigenvalue weighted by atomic mass is 16.5. The van der Waals surface area contributed by atoms with Crippen LogP contribution in [0.25, 0.3) is 0 Å². The quantitative estimate of drug-likeness (QED) is 0.433. The summed E-state index contributed by atoms with van der Waals surface area (Å²) in [6.07, 6.45) is 9.80. The molecule has 0 aromatic rings. The van der Waals surface area contributed by atoms with Gasteiger partial charge in [0.15, 0.2) is 0 Å². The van der Waals surface area contributed by atoms with Crippen LogP contribution in [-0.2, 0) is 23.9 Å². The molecule has 5 aliphatic rings. The first kappa shape index (κ1) is 24.7. The maximum Gasteiger partial charge on any atom is 0.326 e. The molecule has 188 valence electrons. The molecule has 0 aliphatic heterocycles. The molecule has 3 atom stereocenters. The number of amides is 2. The van der Waals surface area contributed by atoms with E-state index < -0.39 is 22.8 Å². The largest absolute Gasteiger partial charge is 0.480 e. The SMILES string of the molecule is COC(=O)C12CC3CC(CC(C(=O)N[C@@H](CC4CCC(=CC(=O)N(C)C)CC4)C(=O)O)(C3)C1)C2. The van der Waals surface area contributed by atoms with Gasteiger partial charge in [0.2, 0.25) is 11.8 Å². The Labute approximate surface area is 201 Å². The number of hydrogen-bond acceptors (Lipinski definition) is 5. The molecule has 8 heteroatoms. The zero-order valence-corrected chi connectivity index (χ0v) is 20.6. The first-order valence-electron chi connectivity index (χ1n) is 12.6. The van der Waals surface area contributed by atoms with Crippen LogP contribution in [0.5, 0.6) is 0 Å². The third kappa shape index (κ3) is 4.73. The van der Waals surface area contributed by atoms with Crippen LogP contribution in [0.3, 0.4) is 0 Å². The number of carboxylic acids is 1. The van der Waals surface area contributed by atoms with Crippen molar-refractivity contribution >= 4 is 23.8 Å². The lowest BCUT2D eigenvalue weighted by molar-refractivity contribution is -0.182. The summed E-state index contributed by atoms with van der Waals surface area (Å²) < 4.78 is 5.13. The van der Waals surface area contributed by atoms with Gasteiger partial charge in [-0.05, 0) is 88.4 Å². The van der Waals surface area contributed by atoms with Gasteiger partial charge in [0.1, 0.15) is 6.04 Å². The third-order valence-corrected chi connectivity index (χ3v) is 8.85. The molecule has 0 aromatic heterocycles. The lowest BCUT2D eigenvalue weighted by Crippen LogP contribution is -2.61. The molecule has 5 rings (SSSR count). The summed E-state index contributed by atoms with van der Waals surface area (Å²) in [5, 5.41) is 12.8. The minimum Gasteiger partial charge on any atom is -0.480 e. The number of ether oxygens (including phenoxy) is 1. The summed E-state index contributed by atoms with van der Waals surface area (Å²) >= 11 is 0. The maximum atomic E-state index is 13.6. The molecule has 5 fully saturated rings. The maximum absolute atomic E-state index is 13.6. The Hall–Kier alpha value is -2.38. The summed E-state index contributed by atoms with van der Waals surface area (Å²) in [6.45, 7) is 0. The van der Waals surface area contributed by atoms with Crippen LogP contribution in [0, 0.1) is 28.6 Å². The van der Waals surface area contributed by atoms with Gasteiger partial charge in [-0.3, -0.25) is 14.4 Å². The molecular formula is C26H38N2O6. The van der Waals surface area contributed by atoms with Gasteiger partial charge < -0.3 is 20.1 Å². The molecule has 0 spiro atoms. The van der Waals surface area contributed by atoms with Gasteiger partial charge in [0.25, 0.3) is 0 Å². The number of carboxylic acid groups (broad SMARTS) is 1. The second kappa shape index (κ2) is 9.34. The van der Waals surface area contributed by atoms with Gasteiger partial charge in [-0.1, -0.05) is 5.57 Å². The molecular weight excluding hydrogens is 436 g/mol. The topological polar surface area (TPSA) is 113 Å². The number of hydrogen-bond donors (Lipinski definition) is 2. The number of aliphatic carboxylic acids is 1. The van der Waals surface area contributed by atoms with E-state index >= 15 is 0 Å². The molecule has 0 saturated heterocycles. The van der Waals surface area contributed by atoms with Gasteiger partial charge in [-0.2, -0.15) is 0 Å².